The van der Waals surface area contributed by atoms with E-state index in [2.05, 4.69) is 23.5 Å². The van der Waals surface area contributed by atoms with Gasteiger partial charge in [0.2, 0.25) is 5.79 Å². The number of fused-ring (bicyclic) bond motifs is 1. The molecule has 3 heteroatoms. The number of ether oxygens (including phenoxy) is 2. The van der Waals surface area contributed by atoms with Crippen LogP contribution in [0.3, 0.4) is 0 Å². The topological polar surface area (TPSA) is 30.5 Å². The number of anilines is 1. The Morgan fingerprint density at radius 2 is 1.80 bits per heavy atom. The highest BCUT2D eigenvalue weighted by Crippen LogP contribution is 2.41. The molecule has 0 saturated carbocycles. The lowest BCUT2D eigenvalue weighted by Crippen LogP contribution is -2.41. The molecule has 1 aliphatic rings. The van der Waals surface area contributed by atoms with Gasteiger partial charge in [-0.25, -0.2) is 0 Å². The number of rotatable bonds is 3. The van der Waals surface area contributed by atoms with Crippen LogP contribution in [0.25, 0.3) is 0 Å². The smallest absolute Gasteiger partial charge is 0.209 e. The second-order valence-electron chi connectivity index (χ2n) is 5.24. The van der Waals surface area contributed by atoms with Gasteiger partial charge in [0.05, 0.1) is 6.04 Å². The molecule has 1 aliphatic heterocycles. The van der Waals surface area contributed by atoms with E-state index in [9.17, 15) is 0 Å². The monoisotopic (exact) mass is 269 g/mol. The summed E-state index contributed by atoms with van der Waals surface area (Å²) in [6.07, 6.45) is 0.759. The van der Waals surface area contributed by atoms with E-state index in [0.29, 0.717) is 0 Å². The SMILES string of the molecule is CO[C@@]1(C)C[C@H](Nc2ccccc2)c2ccccc2O1. The van der Waals surface area contributed by atoms with Gasteiger partial charge < -0.3 is 14.8 Å². The molecular formula is C17H19NO2. The number of nitrogens with one attached hydrogen (secondary N) is 1. The molecule has 0 radical (unpaired) electrons. The molecule has 2 aromatic rings. The summed E-state index contributed by atoms with van der Waals surface area (Å²) in [4.78, 5) is 0. The van der Waals surface area contributed by atoms with E-state index in [4.69, 9.17) is 9.47 Å². The van der Waals surface area contributed by atoms with E-state index in [-0.39, 0.29) is 6.04 Å². The van der Waals surface area contributed by atoms with Crippen LogP contribution in [0, 0.1) is 0 Å². The van der Waals surface area contributed by atoms with Gasteiger partial charge in [-0.05, 0) is 18.2 Å². The van der Waals surface area contributed by atoms with Crippen molar-refractivity contribution in [3.63, 3.8) is 0 Å². The van der Waals surface area contributed by atoms with Crippen molar-refractivity contribution in [3.8, 4) is 5.75 Å². The second kappa shape index (κ2) is 5.17. The van der Waals surface area contributed by atoms with Gasteiger partial charge in [-0.3, -0.25) is 0 Å². The third kappa shape index (κ3) is 2.49. The maximum Gasteiger partial charge on any atom is 0.209 e. The molecule has 3 rings (SSSR count). The van der Waals surface area contributed by atoms with Gasteiger partial charge in [0, 0.05) is 31.7 Å². The minimum absolute atomic E-state index is 0.173. The fraction of sp³-hybridized carbons (Fsp3) is 0.294. The number of hydrogen-bond donors (Lipinski definition) is 1. The summed E-state index contributed by atoms with van der Waals surface area (Å²) >= 11 is 0. The maximum atomic E-state index is 5.97. The van der Waals surface area contributed by atoms with Crippen LogP contribution in [0.4, 0.5) is 5.69 Å². The van der Waals surface area contributed by atoms with Crippen LogP contribution in [-0.2, 0) is 4.74 Å². The minimum atomic E-state index is -0.596. The molecule has 0 amide bonds. The number of para-hydroxylation sites is 2. The van der Waals surface area contributed by atoms with Crippen LogP contribution in [-0.4, -0.2) is 12.9 Å². The first-order valence-corrected chi connectivity index (χ1v) is 6.85. The third-order valence-electron chi connectivity index (χ3n) is 3.74. The zero-order valence-corrected chi connectivity index (χ0v) is 11.8. The van der Waals surface area contributed by atoms with Crippen molar-refractivity contribution in [2.75, 3.05) is 12.4 Å². The molecule has 1 heterocycles. The Labute approximate surface area is 119 Å². The molecule has 2 aromatic carbocycles. The zero-order valence-electron chi connectivity index (χ0n) is 11.8. The minimum Gasteiger partial charge on any atom is -0.462 e. The predicted molar refractivity (Wildman–Crippen MR) is 79.9 cm³/mol. The van der Waals surface area contributed by atoms with E-state index in [0.717, 1.165) is 17.9 Å². The molecule has 1 N–H and O–H groups in total. The first kappa shape index (κ1) is 13.0. The highest BCUT2D eigenvalue weighted by atomic mass is 16.7. The zero-order chi connectivity index (χ0) is 14.0. The van der Waals surface area contributed by atoms with Gasteiger partial charge in [-0.1, -0.05) is 36.4 Å². The van der Waals surface area contributed by atoms with Crippen LogP contribution in [0.2, 0.25) is 0 Å². The van der Waals surface area contributed by atoms with Crippen molar-refractivity contribution in [2.45, 2.75) is 25.2 Å². The summed E-state index contributed by atoms with van der Waals surface area (Å²) in [6, 6.07) is 18.5. The number of hydrogen-bond acceptors (Lipinski definition) is 3. The summed E-state index contributed by atoms with van der Waals surface area (Å²) in [5.74, 6) is 0.289. The molecule has 0 unspecified atom stereocenters. The van der Waals surface area contributed by atoms with Gasteiger partial charge >= 0.3 is 0 Å². The molecule has 104 valence electrons. The molecule has 0 aromatic heterocycles. The van der Waals surface area contributed by atoms with Gasteiger partial charge in [0.1, 0.15) is 5.75 Å². The molecule has 0 bridgehead atoms. The van der Waals surface area contributed by atoms with Gasteiger partial charge in [0.25, 0.3) is 0 Å². The predicted octanol–water partition coefficient (Wildman–Crippen LogP) is 3.98. The molecule has 20 heavy (non-hydrogen) atoms. The van der Waals surface area contributed by atoms with E-state index >= 15 is 0 Å². The van der Waals surface area contributed by atoms with Gasteiger partial charge in [-0.15, -0.1) is 0 Å². The quantitative estimate of drug-likeness (QED) is 0.914. The van der Waals surface area contributed by atoms with E-state index in [1.807, 2.05) is 43.3 Å². The lowest BCUT2D eigenvalue weighted by atomic mass is 9.94. The summed E-state index contributed by atoms with van der Waals surface area (Å²) in [6.45, 7) is 1.97. The van der Waals surface area contributed by atoms with Crippen molar-refractivity contribution in [1.82, 2.24) is 0 Å². The first-order chi connectivity index (χ1) is 9.70. The second-order valence-corrected chi connectivity index (χ2v) is 5.24. The molecule has 0 saturated heterocycles. The third-order valence-corrected chi connectivity index (χ3v) is 3.74. The van der Waals surface area contributed by atoms with Crippen molar-refractivity contribution >= 4 is 5.69 Å². The van der Waals surface area contributed by atoms with Crippen LogP contribution in [0.1, 0.15) is 24.9 Å². The average Bonchev–Trinajstić information content (AvgIpc) is 2.48. The molecule has 2 atom stereocenters. The molecule has 0 spiro atoms. The maximum absolute atomic E-state index is 5.97. The Bertz CT molecular complexity index is 585. The van der Waals surface area contributed by atoms with Crippen LogP contribution in [0.15, 0.2) is 54.6 Å². The van der Waals surface area contributed by atoms with Gasteiger partial charge in [0.15, 0.2) is 0 Å². The largest absolute Gasteiger partial charge is 0.462 e. The normalized spacial score (nSPS) is 24.6. The number of methoxy groups -OCH3 is 1. The Morgan fingerprint density at radius 3 is 2.55 bits per heavy atom. The number of benzene rings is 2. The summed E-state index contributed by atoms with van der Waals surface area (Å²) in [5, 5.41) is 3.57. The fourth-order valence-electron chi connectivity index (χ4n) is 2.61. The Hall–Kier alpha value is -2.00. The molecule has 0 aliphatic carbocycles. The lowest BCUT2D eigenvalue weighted by molar-refractivity contribution is -0.164. The van der Waals surface area contributed by atoms with Gasteiger partial charge in [-0.2, -0.15) is 0 Å². The van der Waals surface area contributed by atoms with Crippen LogP contribution < -0.4 is 10.1 Å². The van der Waals surface area contributed by atoms with Crippen molar-refractivity contribution < 1.29 is 9.47 Å². The van der Waals surface area contributed by atoms with Crippen LogP contribution >= 0.6 is 0 Å². The van der Waals surface area contributed by atoms with E-state index in [1.54, 1.807) is 7.11 Å². The van der Waals surface area contributed by atoms with E-state index < -0.39 is 5.79 Å². The van der Waals surface area contributed by atoms with E-state index in [1.165, 1.54) is 5.56 Å². The summed E-state index contributed by atoms with van der Waals surface area (Å²) in [5.41, 5.74) is 2.28. The molecule has 3 nitrogen and oxygen atoms in total. The first-order valence-electron chi connectivity index (χ1n) is 6.85. The summed E-state index contributed by atoms with van der Waals surface area (Å²) in [7, 11) is 1.69. The fourth-order valence-corrected chi connectivity index (χ4v) is 2.61. The summed E-state index contributed by atoms with van der Waals surface area (Å²) < 4.78 is 11.5. The molecular weight excluding hydrogens is 250 g/mol. The molecule has 0 fully saturated rings. The average molecular weight is 269 g/mol. The van der Waals surface area contributed by atoms with Crippen molar-refractivity contribution in [2.24, 2.45) is 0 Å². The Balaban J connectivity index is 1.93. The van der Waals surface area contributed by atoms with Crippen molar-refractivity contribution in [3.05, 3.63) is 60.2 Å². The standard InChI is InChI=1S/C17H19NO2/c1-17(19-2)12-15(18-13-8-4-3-5-9-13)14-10-6-7-11-16(14)20-17/h3-11,15,18H,12H2,1-2H3/t15-,17+/m0/s1. The Kier molecular flexibility index (Phi) is 3.36. The Morgan fingerprint density at radius 1 is 1.10 bits per heavy atom. The highest BCUT2D eigenvalue weighted by molar-refractivity contribution is 5.48. The van der Waals surface area contributed by atoms with Crippen molar-refractivity contribution in [1.29, 1.82) is 0 Å². The lowest BCUT2D eigenvalue weighted by Gasteiger charge is -2.39. The van der Waals surface area contributed by atoms with Crippen LogP contribution in [0.5, 0.6) is 5.75 Å². The highest BCUT2D eigenvalue weighted by Gasteiger charge is 2.37.